The second-order valence-corrected chi connectivity index (χ2v) is 6.06. The molecule has 0 aliphatic carbocycles. The average Bonchev–Trinajstić information content (AvgIpc) is 2.27. The molecule has 0 unspecified atom stereocenters. The minimum Gasteiger partial charge on any atom is -0.263 e. The molecule has 0 amide bonds. The topological polar surface area (TPSA) is 84.8 Å². The molecule has 0 atom stereocenters. The van der Waals surface area contributed by atoms with E-state index >= 15 is 0 Å². The number of aromatic nitrogens is 3. The van der Waals surface area contributed by atoms with Crippen LogP contribution in [-0.4, -0.2) is 23.4 Å². The van der Waals surface area contributed by atoms with Crippen LogP contribution in [0.2, 0.25) is 15.6 Å². The first-order valence-electron chi connectivity index (χ1n) is 4.71. The highest BCUT2D eigenvalue weighted by atomic mass is 35.5. The van der Waals surface area contributed by atoms with Gasteiger partial charge in [-0.05, 0) is 23.7 Å². The van der Waals surface area contributed by atoms with Crippen LogP contribution < -0.4 is 4.72 Å². The summed E-state index contributed by atoms with van der Waals surface area (Å²) in [5, 5.41) is 0.0402. The molecule has 0 aliphatic rings. The average molecular weight is 340 g/mol. The quantitative estimate of drug-likeness (QED) is 0.528. The van der Waals surface area contributed by atoms with Crippen LogP contribution in [0.5, 0.6) is 0 Å². The minimum absolute atomic E-state index is 0.0203. The lowest BCUT2D eigenvalue weighted by Crippen LogP contribution is -2.14. The zero-order chi connectivity index (χ0) is 14.0. The number of anilines is 1. The highest BCUT2D eigenvalue weighted by molar-refractivity contribution is 7.92. The fraction of sp³-hybridized carbons (Fsp3) is 0. The smallest absolute Gasteiger partial charge is 0.263 e. The maximum absolute atomic E-state index is 12.0. The summed E-state index contributed by atoms with van der Waals surface area (Å²) in [6.07, 6.45) is 1.12. The summed E-state index contributed by atoms with van der Waals surface area (Å²) < 4.78 is 26.2. The van der Waals surface area contributed by atoms with E-state index in [-0.39, 0.29) is 26.3 Å². The fourth-order valence-corrected chi connectivity index (χ4v) is 2.62. The van der Waals surface area contributed by atoms with Gasteiger partial charge in [-0.15, -0.1) is 0 Å². The second-order valence-electron chi connectivity index (χ2n) is 3.27. The first-order valence-corrected chi connectivity index (χ1v) is 7.33. The number of nitrogens with one attached hydrogen (secondary N) is 1. The van der Waals surface area contributed by atoms with Crippen molar-refractivity contribution in [3.63, 3.8) is 0 Å². The molecule has 0 aromatic carbocycles. The van der Waals surface area contributed by atoms with Gasteiger partial charge in [0.2, 0.25) is 5.28 Å². The van der Waals surface area contributed by atoms with E-state index in [0.717, 1.165) is 6.20 Å². The lowest BCUT2D eigenvalue weighted by Gasteiger charge is -2.07. The SMILES string of the molecule is O=S(=O)(Nc1cc(Cl)nc(Cl)n1)c1ccc(Cl)nc1. The Hall–Kier alpha value is -1.15. The maximum Gasteiger partial charge on any atom is 0.264 e. The molecule has 2 aromatic rings. The second kappa shape index (κ2) is 5.46. The van der Waals surface area contributed by atoms with Gasteiger partial charge in [-0.25, -0.2) is 18.4 Å². The molecule has 6 nitrogen and oxygen atoms in total. The molecule has 0 aliphatic heterocycles. The number of pyridine rings is 1. The first kappa shape index (κ1) is 14.3. The van der Waals surface area contributed by atoms with Crippen molar-refractivity contribution >= 4 is 50.6 Å². The van der Waals surface area contributed by atoms with Crippen LogP contribution in [0.3, 0.4) is 0 Å². The summed E-state index contributed by atoms with van der Waals surface area (Å²) in [6.45, 7) is 0. The molecule has 100 valence electrons. The summed E-state index contributed by atoms with van der Waals surface area (Å²) in [5.41, 5.74) is 0. The summed E-state index contributed by atoms with van der Waals surface area (Å²) in [7, 11) is -3.84. The Morgan fingerprint density at radius 1 is 1.05 bits per heavy atom. The van der Waals surface area contributed by atoms with Gasteiger partial charge >= 0.3 is 0 Å². The summed E-state index contributed by atoms with van der Waals surface area (Å²) in [6, 6.07) is 3.90. The normalized spacial score (nSPS) is 11.3. The standard InChI is InChI=1S/C9H5Cl3N4O2S/c10-6-2-1-5(4-13-6)19(17,18)16-8-3-7(11)14-9(12)15-8/h1-4H,(H,14,15,16). The monoisotopic (exact) mass is 338 g/mol. The van der Waals surface area contributed by atoms with Gasteiger partial charge in [0.05, 0.1) is 0 Å². The van der Waals surface area contributed by atoms with Crippen LogP contribution >= 0.6 is 34.8 Å². The summed E-state index contributed by atoms with van der Waals surface area (Å²) >= 11 is 16.8. The molecule has 0 saturated heterocycles. The van der Waals surface area contributed by atoms with Crippen molar-refractivity contribution in [1.29, 1.82) is 0 Å². The summed E-state index contributed by atoms with van der Waals surface area (Å²) in [4.78, 5) is 10.9. The molecule has 2 heterocycles. The van der Waals surface area contributed by atoms with Gasteiger partial charge in [-0.1, -0.05) is 23.2 Å². The molecule has 0 spiro atoms. The van der Waals surface area contributed by atoms with E-state index in [9.17, 15) is 8.42 Å². The van der Waals surface area contributed by atoms with E-state index in [1.807, 2.05) is 0 Å². The Labute approximate surface area is 123 Å². The van der Waals surface area contributed by atoms with Crippen LogP contribution in [0, 0.1) is 0 Å². The number of hydrogen-bond donors (Lipinski definition) is 1. The van der Waals surface area contributed by atoms with E-state index < -0.39 is 10.0 Å². The predicted molar refractivity (Wildman–Crippen MR) is 72.1 cm³/mol. The van der Waals surface area contributed by atoms with Crippen molar-refractivity contribution in [3.8, 4) is 0 Å². The van der Waals surface area contributed by atoms with Crippen LogP contribution in [0.25, 0.3) is 0 Å². The Kier molecular flexibility index (Phi) is 4.10. The fourth-order valence-electron chi connectivity index (χ4n) is 1.16. The van der Waals surface area contributed by atoms with Crippen molar-refractivity contribution < 1.29 is 8.42 Å². The van der Waals surface area contributed by atoms with Gasteiger partial charge in [0.1, 0.15) is 21.0 Å². The molecule has 2 aromatic heterocycles. The molecule has 0 bridgehead atoms. The molecule has 0 saturated carbocycles. The third kappa shape index (κ3) is 3.66. The third-order valence-electron chi connectivity index (χ3n) is 1.92. The van der Waals surface area contributed by atoms with Crippen LogP contribution in [0.1, 0.15) is 0 Å². The zero-order valence-corrected chi connectivity index (χ0v) is 12.1. The van der Waals surface area contributed by atoms with Crippen LogP contribution in [-0.2, 0) is 10.0 Å². The molecule has 2 rings (SSSR count). The Morgan fingerprint density at radius 3 is 2.37 bits per heavy atom. The van der Waals surface area contributed by atoms with Crippen molar-refractivity contribution in [2.45, 2.75) is 4.90 Å². The lowest BCUT2D eigenvalue weighted by atomic mass is 10.5. The number of rotatable bonds is 3. The molecule has 19 heavy (non-hydrogen) atoms. The van der Waals surface area contributed by atoms with Crippen LogP contribution in [0.4, 0.5) is 5.82 Å². The zero-order valence-electron chi connectivity index (χ0n) is 9.01. The van der Waals surface area contributed by atoms with Gasteiger partial charge in [0, 0.05) is 12.3 Å². The van der Waals surface area contributed by atoms with Crippen molar-refractivity contribution in [3.05, 3.63) is 40.0 Å². The molecule has 0 fully saturated rings. The Balaban J connectivity index is 2.33. The molecular formula is C9H5Cl3N4O2S. The van der Waals surface area contributed by atoms with E-state index in [1.54, 1.807) is 0 Å². The van der Waals surface area contributed by atoms with E-state index in [1.165, 1.54) is 18.2 Å². The van der Waals surface area contributed by atoms with Crippen molar-refractivity contribution in [2.24, 2.45) is 0 Å². The van der Waals surface area contributed by atoms with E-state index in [2.05, 4.69) is 19.7 Å². The molecular weight excluding hydrogens is 335 g/mol. The Bertz CT molecular complexity index is 686. The largest absolute Gasteiger partial charge is 0.264 e. The number of halogens is 3. The lowest BCUT2D eigenvalue weighted by molar-refractivity contribution is 0.600. The van der Waals surface area contributed by atoms with Crippen LogP contribution in [0.15, 0.2) is 29.3 Å². The highest BCUT2D eigenvalue weighted by Gasteiger charge is 2.16. The van der Waals surface area contributed by atoms with Gasteiger partial charge < -0.3 is 0 Å². The third-order valence-corrected chi connectivity index (χ3v) is 3.84. The molecule has 1 N–H and O–H groups in total. The molecule has 10 heteroatoms. The first-order chi connectivity index (χ1) is 8.87. The predicted octanol–water partition coefficient (Wildman–Crippen LogP) is 2.63. The Morgan fingerprint density at radius 2 is 1.79 bits per heavy atom. The van der Waals surface area contributed by atoms with Gasteiger partial charge in [-0.2, -0.15) is 4.98 Å². The van der Waals surface area contributed by atoms with E-state index in [4.69, 9.17) is 34.8 Å². The number of sulfonamides is 1. The molecule has 0 radical (unpaired) electrons. The van der Waals surface area contributed by atoms with E-state index in [0.29, 0.717) is 0 Å². The number of nitrogens with zero attached hydrogens (tertiary/aromatic N) is 3. The summed E-state index contributed by atoms with van der Waals surface area (Å²) in [5.74, 6) is -0.0417. The van der Waals surface area contributed by atoms with Crippen molar-refractivity contribution in [2.75, 3.05) is 4.72 Å². The van der Waals surface area contributed by atoms with Gasteiger partial charge in [0.15, 0.2) is 0 Å². The minimum atomic E-state index is -3.84. The van der Waals surface area contributed by atoms with Gasteiger partial charge in [0.25, 0.3) is 10.0 Å². The van der Waals surface area contributed by atoms with Crippen molar-refractivity contribution in [1.82, 2.24) is 15.0 Å². The number of hydrogen-bond acceptors (Lipinski definition) is 5. The highest BCUT2D eigenvalue weighted by Crippen LogP contribution is 2.18. The maximum atomic E-state index is 12.0. The van der Waals surface area contributed by atoms with Gasteiger partial charge in [-0.3, -0.25) is 4.72 Å².